The Morgan fingerprint density at radius 1 is 1.14 bits per heavy atom. The van der Waals surface area contributed by atoms with Crippen molar-refractivity contribution in [3.05, 3.63) is 65.3 Å². The molecule has 2 aliphatic rings. The van der Waals surface area contributed by atoms with Crippen LogP contribution in [0.15, 0.2) is 48.9 Å². The molecule has 2 aliphatic heterocycles. The van der Waals surface area contributed by atoms with Gasteiger partial charge >= 0.3 is 0 Å². The topological polar surface area (TPSA) is 113 Å². The van der Waals surface area contributed by atoms with Crippen molar-refractivity contribution in [2.75, 3.05) is 42.1 Å². The molecule has 1 spiro atoms. The summed E-state index contributed by atoms with van der Waals surface area (Å²) in [7, 11) is 0. The van der Waals surface area contributed by atoms with Crippen molar-refractivity contribution in [3.8, 4) is 11.3 Å². The van der Waals surface area contributed by atoms with Crippen LogP contribution < -0.4 is 21.3 Å². The van der Waals surface area contributed by atoms with Gasteiger partial charge in [-0.05, 0) is 48.6 Å². The molecule has 11 heteroatoms. The molecule has 0 atom stereocenters. The number of rotatable bonds is 4. The lowest BCUT2D eigenvalue weighted by atomic mass is 9.73. The lowest BCUT2D eigenvalue weighted by Crippen LogP contribution is -2.58. The molecule has 0 saturated carbocycles. The number of nitrogen functional groups attached to an aromatic ring is 1. The quantitative estimate of drug-likeness (QED) is 0.387. The lowest BCUT2D eigenvalue weighted by molar-refractivity contribution is 0.102. The van der Waals surface area contributed by atoms with Crippen molar-refractivity contribution in [3.63, 3.8) is 0 Å². The van der Waals surface area contributed by atoms with Crippen molar-refractivity contribution in [1.82, 2.24) is 24.7 Å². The number of piperidine rings is 1. The smallest absolute Gasteiger partial charge is 0.256 e. The third kappa shape index (κ3) is 3.92. The number of pyridine rings is 1. The van der Waals surface area contributed by atoms with Crippen molar-refractivity contribution in [1.29, 1.82) is 0 Å². The minimum Gasteiger partial charge on any atom is -0.382 e. The van der Waals surface area contributed by atoms with Crippen LogP contribution in [-0.4, -0.2) is 51.4 Å². The maximum absolute atomic E-state index is 15.4. The van der Waals surface area contributed by atoms with Gasteiger partial charge in [-0.1, -0.05) is 11.6 Å². The van der Waals surface area contributed by atoms with Crippen molar-refractivity contribution in [2.24, 2.45) is 5.41 Å². The van der Waals surface area contributed by atoms with Crippen LogP contribution in [0.1, 0.15) is 23.2 Å². The minimum absolute atomic E-state index is 0.142. The van der Waals surface area contributed by atoms with Gasteiger partial charge in [0.25, 0.3) is 5.91 Å². The first-order valence-electron chi connectivity index (χ1n) is 11.7. The van der Waals surface area contributed by atoms with Gasteiger partial charge in [-0.2, -0.15) is 0 Å². The molecule has 9 nitrogen and oxygen atoms in total. The highest BCUT2D eigenvalue weighted by atomic mass is 35.5. The van der Waals surface area contributed by atoms with Crippen LogP contribution in [0.25, 0.3) is 16.8 Å². The maximum atomic E-state index is 15.4. The Hall–Kier alpha value is -3.76. The van der Waals surface area contributed by atoms with Gasteiger partial charge in [-0.3, -0.25) is 9.20 Å². The molecule has 1 aromatic carbocycles. The summed E-state index contributed by atoms with van der Waals surface area (Å²) in [6.45, 7) is 3.84. The number of hydrogen-bond acceptors (Lipinski definition) is 7. The average Bonchev–Trinajstić information content (AvgIpc) is 3.24. The normalized spacial score (nSPS) is 16.8. The molecule has 3 aromatic heterocycles. The molecule has 0 aliphatic carbocycles. The third-order valence-corrected chi connectivity index (χ3v) is 7.36. The number of imidazole rings is 1. The van der Waals surface area contributed by atoms with Crippen LogP contribution >= 0.6 is 11.6 Å². The second-order valence-electron chi connectivity index (χ2n) is 9.39. The van der Waals surface area contributed by atoms with Crippen molar-refractivity contribution in [2.45, 2.75) is 12.8 Å². The largest absolute Gasteiger partial charge is 0.382 e. The van der Waals surface area contributed by atoms with E-state index in [1.807, 2.05) is 4.40 Å². The highest BCUT2D eigenvalue weighted by Gasteiger charge is 2.40. The fourth-order valence-corrected chi connectivity index (χ4v) is 5.14. The number of carbonyl (C=O) groups excluding carboxylic acids is 1. The summed E-state index contributed by atoms with van der Waals surface area (Å²) in [5.41, 5.74) is 7.93. The number of aromatic nitrogens is 4. The molecule has 1 amide bonds. The fraction of sp³-hybridized carbons (Fsp3) is 0.280. The van der Waals surface area contributed by atoms with Gasteiger partial charge < -0.3 is 21.3 Å². The Bertz CT molecular complexity index is 1470. The zero-order chi connectivity index (χ0) is 24.9. The molecule has 2 saturated heterocycles. The molecule has 4 N–H and O–H groups in total. The van der Waals surface area contributed by atoms with E-state index in [1.54, 1.807) is 30.6 Å². The number of benzene rings is 1. The standard InChI is InChI=1S/C25H24ClFN8O/c26-16-3-6-30-19(12-16)32-23(36)15-1-2-17(18(27)11-15)20-21-22(28)31-7-10-35(21)24(33-20)34-8-4-25(5-9-34)13-29-14-25/h1-3,6-7,10-12,29H,4-5,8-9,13-14H2,(H2,28,31)(H,30,32,36). The van der Waals surface area contributed by atoms with Gasteiger partial charge in [-0.25, -0.2) is 19.3 Å². The van der Waals surface area contributed by atoms with E-state index in [9.17, 15) is 4.79 Å². The zero-order valence-electron chi connectivity index (χ0n) is 19.3. The zero-order valence-corrected chi connectivity index (χ0v) is 20.1. The molecule has 184 valence electrons. The summed E-state index contributed by atoms with van der Waals surface area (Å²) in [4.78, 5) is 28.0. The number of nitrogens with one attached hydrogen (secondary N) is 2. The summed E-state index contributed by atoms with van der Waals surface area (Å²) in [6, 6.07) is 7.38. The molecular formula is C25H24ClFN8O. The van der Waals surface area contributed by atoms with Crippen LogP contribution in [0, 0.1) is 11.2 Å². The van der Waals surface area contributed by atoms with Crippen LogP contribution in [0.2, 0.25) is 5.02 Å². The number of carbonyl (C=O) groups is 1. The lowest BCUT2D eigenvalue weighted by Gasteiger charge is -2.48. The van der Waals surface area contributed by atoms with E-state index >= 15 is 4.39 Å². The molecular weight excluding hydrogens is 483 g/mol. The number of nitrogens with zero attached hydrogens (tertiary/aromatic N) is 5. The number of hydrogen-bond donors (Lipinski definition) is 3. The van der Waals surface area contributed by atoms with E-state index in [1.165, 1.54) is 18.3 Å². The molecule has 2 fully saturated rings. The highest BCUT2D eigenvalue weighted by molar-refractivity contribution is 6.30. The number of nitrogens with two attached hydrogens (primary N) is 1. The molecule has 0 unspecified atom stereocenters. The monoisotopic (exact) mass is 506 g/mol. The van der Waals surface area contributed by atoms with Gasteiger partial charge in [-0.15, -0.1) is 0 Å². The van der Waals surface area contributed by atoms with Crippen LogP contribution in [0.4, 0.5) is 22.0 Å². The second-order valence-corrected chi connectivity index (χ2v) is 9.83. The van der Waals surface area contributed by atoms with Gasteiger partial charge in [0.1, 0.15) is 28.7 Å². The van der Waals surface area contributed by atoms with E-state index in [2.05, 4.69) is 25.5 Å². The SMILES string of the molecule is Nc1nccn2c(N3CCC4(CC3)CNC4)nc(-c3ccc(C(=O)Nc4cc(Cl)ccn4)cc3F)c12. The summed E-state index contributed by atoms with van der Waals surface area (Å²) in [6.07, 6.45) is 7.04. The summed E-state index contributed by atoms with van der Waals surface area (Å²) in [5, 5.41) is 6.44. The van der Waals surface area contributed by atoms with E-state index in [0.717, 1.165) is 39.0 Å². The van der Waals surface area contributed by atoms with E-state index in [-0.39, 0.29) is 22.8 Å². The van der Waals surface area contributed by atoms with Crippen molar-refractivity contribution >= 4 is 40.6 Å². The third-order valence-electron chi connectivity index (χ3n) is 7.12. The molecule has 0 radical (unpaired) electrons. The van der Waals surface area contributed by atoms with E-state index in [4.69, 9.17) is 22.3 Å². The molecule has 0 bridgehead atoms. The Morgan fingerprint density at radius 2 is 1.94 bits per heavy atom. The van der Waals surface area contributed by atoms with E-state index < -0.39 is 11.7 Å². The first-order chi connectivity index (χ1) is 17.4. The van der Waals surface area contributed by atoms with Crippen LogP contribution in [-0.2, 0) is 0 Å². The first-order valence-corrected chi connectivity index (χ1v) is 12.1. The summed E-state index contributed by atoms with van der Waals surface area (Å²) in [5.74, 6) is 0.163. The van der Waals surface area contributed by atoms with Crippen LogP contribution in [0.3, 0.4) is 0 Å². The Labute approximate surface area is 211 Å². The van der Waals surface area contributed by atoms with E-state index in [0.29, 0.717) is 27.6 Å². The van der Waals surface area contributed by atoms with Crippen LogP contribution in [0.5, 0.6) is 0 Å². The average molecular weight is 507 g/mol. The Kier molecular flexibility index (Phi) is 5.50. The Morgan fingerprint density at radius 3 is 2.64 bits per heavy atom. The molecule has 5 heterocycles. The highest BCUT2D eigenvalue weighted by Crippen LogP contribution is 2.38. The second kappa shape index (κ2) is 8.72. The van der Waals surface area contributed by atoms with Crippen molar-refractivity contribution < 1.29 is 9.18 Å². The summed E-state index contributed by atoms with van der Waals surface area (Å²) < 4.78 is 17.3. The van der Waals surface area contributed by atoms with Gasteiger partial charge in [0.05, 0.1) is 0 Å². The van der Waals surface area contributed by atoms with Gasteiger partial charge in [0.2, 0.25) is 5.95 Å². The summed E-state index contributed by atoms with van der Waals surface area (Å²) >= 11 is 5.95. The minimum atomic E-state index is -0.588. The molecule has 6 rings (SSSR count). The fourth-order valence-electron chi connectivity index (χ4n) is 4.98. The number of fused-ring (bicyclic) bond motifs is 1. The van der Waals surface area contributed by atoms with Gasteiger partial charge in [0.15, 0.2) is 0 Å². The number of halogens is 2. The molecule has 4 aromatic rings. The predicted octanol–water partition coefficient (Wildman–Crippen LogP) is 3.61. The van der Waals surface area contributed by atoms with Gasteiger partial charge in [0, 0.05) is 60.9 Å². The Balaban J connectivity index is 1.33. The predicted molar refractivity (Wildman–Crippen MR) is 137 cm³/mol. The first kappa shape index (κ1) is 22.7. The maximum Gasteiger partial charge on any atom is 0.256 e. The molecule has 36 heavy (non-hydrogen) atoms. The number of anilines is 3. The number of amides is 1.